The topological polar surface area (TPSA) is 83.8 Å². The first-order valence-corrected chi connectivity index (χ1v) is 11.4. The van der Waals surface area contributed by atoms with E-state index in [-0.39, 0.29) is 22.7 Å². The molecular formula is C21H25N3O4S. The highest BCUT2D eigenvalue weighted by atomic mass is 32.2. The Kier molecular flexibility index (Phi) is 5.42. The number of non-ortho nitro benzene ring substituents is 1. The maximum absolute atomic E-state index is 13.4. The number of aryl methyl sites for hydroxylation is 1. The van der Waals surface area contributed by atoms with Gasteiger partial charge in [0.05, 0.1) is 15.9 Å². The van der Waals surface area contributed by atoms with Crippen LogP contribution in [-0.2, 0) is 16.4 Å². The summed E-state index contributed by atoms with van der Waals surface area (Å²) in [5, 5.41) is 10.9. The highest BCUT2D eigenvalue weighted by Crippen LogP contribution is 2.40. The zero-order chi connectivity index (χ0) is 20.6. The lowest BCUT2D eigenvalue weighted by Crippen LogP contribution is -2.48. The number of sulfonamides is 1. The molecule has 0 bridgehead atoms. The minimum absolute atomic E-state index is 0.0776. The molecule has 1 heterocycles. The Balaban J connectivity index is 1.73. The van der Waals surface area contributed by atoms with E-state index in [0.717, 1.165) is 44.3 Å². The molecule has 1 fully saturated rings. The van der Waals surface area contributed by atoms with Crippen molar-refractivity contribution in [1.29, 1.82) is 0 Å². The number of likely N-dealkylation sites (N-methyl/N-ethyl adjacent to an activating group) is 1. The predicted octanol–water partition coefficient (Wildman–Crippen LogP) is 3.37. The minimum atomic E-state index is -3.80. The summed E-state index contributed by atoms with van der Waals surface area (Å²) >= 11 is 0. The van der Waals surface area contributed by atoms with Gasteiger partial charge in [-0.3, -0.25) is 15.0 Å². The summed E-state index contributed by atoms with van der Waals surface area (Å²) in [7, 11) is -2.17. The molecule has 1 aliphatic carbocycles. The van der Waals surface area contributed by atoms with Crippen LogP contribution in [0.2, 0.25) is 0 Å². The molecular weight excluding hydrogens is 390 g/mol. The Labute approximate surface area is 171 Å². The average molecular weight is 416 g/mol. The molecule has 0 saturated carbocycles. The van der Waals surface area contributed by atoms with E-state index < -0.39 is 14.9 Å². The Hall–Kier alpha value is -2.29. The molecule has 2 atom stereocenters. The van der Waals surface area contributed by atoms with E-state index in [1.807, 2.05) is 18.2 Å². The van der Waals surface area contributed by atoms with Crippen molar-refractivity contribution >= 4 is 15.7 Å². The Morgan fingerprint density at radius 3 is 2.38 bits per heavy atom. The molecule has 0 radical (unpaired) electrons. The lowest BCUT2D eigenvalue weighted by molar-refractivity contribution is -0.384. The molecule has 0 spiro atoms. The van der Waals surface area contributed by atoms with Crippen LogP contribution in [0.5, 0.6) is 0 Å². The second kappa shape index (κ2) is 7.85. The molecule has 4 rings (SSSR count). The van der Waals surface area contributed by atoms with Crippen molar-refractivity contribution in [3.63, 3.8) is 0 Å². The molecule has 8 heteroatoms. The monoisotopic (exact) mass is 415 g/mol. The molecule has 2 aromatic rings. The van der Waals surface area contributed by atoms with E-state index in [1.54, 1.807) is 7.05 Å². The van der Waals surface area contributed by atoms with Crippen LogP contribution >= 0.6 is 0 Å². The quantitative estimate of drug-likeness (QED) is 0.552. The fourth-order valence-corrected chi connectivity index (χ4v) is 6.03. The summed E-state index contributed by atoms with van der Waals surface area (Å²) < 4.78 is 28.3. The smallest absolute Gasteiger partial charge is 0.269 e. The summed E-state index contributed by atoms with van der Waals surface area (Å²) in [5.74, 6) is 0. The fraction of sp³-hybridized carbons (Fsp3) is 0.429. The van der Waals surface area contributed by atoms with Crippen molar-refractivity contribution in [3.05, 3.63) is 69.8 Å². The SMILES string of the molecule is CN(C1c2ccccc2CCC1N1CCCC1)S(=O)(=O)c1ccc([N+](=O)[O-])cc1. The van der Waals surface area contributed by atoms with Crippen molar-refractivity contribution in [1.82, 2.24) is 9.21 Å². The van der Waals surface area contributed by atoms with E-state index in [0.29, 0.717) is 0 Å². The molecule has 1 saturated heterocycles. The largest absolute Gasteiger partial charge is 0.298 e. The van der Waals surface area contributed by atoms with Gasteiger partial charge in [-0.1, -0.05) is 24.3 Å². The van der Waals surface area contributed by atoms with Crippen molar-refractivity contribution < 1.29 is 13.3 Å². The van der Waals surface area contributed by atoms with Crippen LogP contribution in [0, 0.1) is 10.1 Å². The Morgan fingerprint density at radius 2 is 1.72 bits per heavy atom. The zero-order valence-corrected chi connectivity index (χ0v) is 17.2. The molecule has 29 heavy (non-hydrogen) atoms. The number of nitro benzene ring substituents is 1. The summed E-state index contributed by atoms with van der Waals surface area (Å²) in [6, 6.07) is 13.1. The summed E-state index contributed by atoms with van der Waals surface area (Å²) in [4.78, 5) is 12.9. The third-order valence-electron chi connectivity index (χ3n) is 6.17. The summed E-state index contributed by atoms with van der Waals surface area (Å²) in [5.41, 5.74) is 2.13. The molecule has 154 valence electrons. The number of likely N-dealkylation sites (tertiary alicyclic amines) is 1. The van der Waals surface area contributed by atoms with Crippen LogP contribution in [0.1, 0.15) is 36.4 Å². The van der Waals surface area contributed by atoms with Gasteiger partial charge in [0.1, 0.15) is 0 Å². The lowest BCUT2D eigenvalue weighted by Gasteiger charge is -2.43. The van der Waals surface area contributed by atoms with Gasteiger partial charge in [0.2, 0.25) is 10.0 Å². The summed E-state index contributed by atoms with van der Waals surface area (Å²) in [6.07, 6.45) is 4.15. The Bertz CT molecular complexity index is 1000. The van der Waals surface area contributed by atoms with Gasteiger partial charge in [0, 0.05) is 25.2 Å². The molecule has 0 amide bonds. The van der Waals surface area contributed by atoms with Crippen molar-refractivity contribution in [3.8, 4) is 0 Å². The van der Waals surface area contributed by atoms with E-state index >= 15 is 0 Å². The Morgan fingerprint density at radius 1 is 1.07 bits per heavy atom. The number of hydrogen-bond donors (Lipinski definition) is 0. The first-order chi connectivity index (χ1) is 13.9. The average Bonchev–Trinajstić information content (AvgIpc) is 3.27. The van der Waals surface area contributed by atoms with Crippen molar-refractivity contribution in [2.75, 3.05) is 20.1 Å². The van der Waals surface area contributed by atoms with Crippen LogP contribution in [-0.4, -0.2) is 48.7 Å². The van der Waals surface area contributed by atoms with Gasteiger partial charge in [-0.15, -0.1) is 0 Å². The van der Waals surface area contributed by atoms with Gasteiger partial charge in [0.15, 0.2) is 0 Å². The van der Waals surface area contributed by atoms with Gasteiger partial charge in [-0.05, 0) is 62.0 Å². The normalized spacial score (nSPS) is 22.6. The van der Waals surface area contributed by atoms with Crippen LogP contribution in [0.4, 0.5) is 5.69 Å². The van der Waals surface area contributed by atoms with Gasteiger partial charge in [-0.2, -0.15) is 4.31 Å². The maximum atomic E-state index is 13.4. The number of hydrogen-bond acceptors (Lipinski definition) is 5. The number of rotatable bonds is 5. The number of nitro groups is 1. The van der Waals surface area contributed by atoms with Gasteiger partial charge in [-0.25, -0.2) is 8.42 Å². The van der Waals surface area contributed by atoms with Crippen LogP contribution in [0.3, 0.4) is 0 Å². The first-order valence-electron chi connectivity index (χ1n) is 9.94. The van der Waals surface area contributed by atoms with E-state index in [1.165, 1.54) is 34.1 Å². The van der Waals surface area contributed by atoms with Gasteiger partial charge >= 0.3 is 0 Å². The molecule has 1 aliphatic heterocycles. The number of fused-ring (bicyclic) bond motifs is 1. The van der Waals surface area contributed by atoms with E-state index in [9.17, 15) is 18.5 Å². The van der Waals surface area contributed by atoms with Crippen LogP contribution in [0.25, 0.3) is 0 Å². The van der Waals surface area contributed by atoms with E-state index in [2.05, 4.69) is 11.0 Å². The summed E-state index contributed by atoms with van der Waals surface area (Å²) in [6.45, 7) is 1.99. The third kappa shape index (κ3) is 3.68. The fourth-order valence-electron chi connectivity index (χ4n) is 4.67. The van der Waals surface area contributed by atoms with Gasteiger partial charge in [0.25, 0.3) is 5.69 Å². The highest BCUT2D eigenvalue weighted by molar-refractivity contribution is 7.89. The number of nitrogens with zero attached hydrogens (tertiary/aromatic N) is 3. The standard InChI is InChI=1S/C21H25N3O4S/c1-22(29(27,28)18-11-9-17(10-12-18)24(25)26)21-19-7-3-2-6-16(19)8-13-20(21)23-14-4-5-15-23/h2-3,6-7,9-12,20-21H,4-5,8,13-15H2,1H3. The second-order valence-corrected chi connectivity index (χ2v) is 9.76. The minimum Gasteiger partial charge on any atom is -0.298 e. The molecule has 7 nitrogen and oxygen atoms in total. The molecule has 0 N–H and O–H groups in total. The highest BCUT2D eigenvalue weighted by Gasteiger charge is 2.41. The molecule has 2 unspecified atom stereocenters. The molecule has 0 aromatic heterocycles. The lowest BCUT2D eigenvalue weighted by atomic mass is 9.83. The first kappa shape index (κ1) is 20.0. The van der Waals surface area contributed by atoms with Gasteiger partial charge < -0.3 is 0 Å². The van der Waals surface area contributed by atoms with Crippen molar-refractivity contribution in [2.24, 2.45) is 0 Å². The maximum Gasteiger partial charge on any atom is 0.269 e. The van der Waals surface area contributed by atoms with E-state index in [4.69, 9.17) is 0 Å². The van der Waals surface area contributed by atoms with Crippen molar-refractivity contribution in [2.45, 2.75) is 42.7 Å². The second-order valence-electron chi connectivity index (χ2n) is 7.77. The van der Waals surface area contributed by atoms with Crippen LogP contribution in [0.15, 0.2) is 53.4 Å². The molecule has 2 aromatic carbocycles. The zero-order valence-electron chi connectivity index (χ0n) is 16.4. The van der Waals surface area contributed by atoms with Crippen LogP contribution < -0.4 is 0 Å². The predicted molar refractivity (Wildman–Crippen MR) is 110 cm³/mol. The number of benzene rings is 2. The molecule has 2 aliphatic rings. The third-order valence-corrected chi connectivity index (χ3v) is 8.03.